The van der Waals surface area contributed by atoms with Crippen molar-refractivity contribution in [2.45, 2.75) is 39.8 Å². The van der Waals surface area contributed by atoms with E-state index in [1.54, 1.807) is 13.3 Å². The lowest BCUT2D eigenvalue weighted by Crippen LogP contribution is -2.36. The highest BCUT2D eigenvalue weighted by Gasteiger charge is 2.09. The summed E-state index contributed by atoms with van der Waals surface area (Å²) in [5, 5.41) is 10.5. The fraction of sp³-hybridized carbons (Fsp3) is 0.526. The Hall–Kier alpha value is -1.88. The van der Waals surface area contributed by atoms with E-state index < -0.39 is 0 Å². The van der Waals surface area contributed by atoms with Gasteiger partial charge >= 0.3 is 0 Å². The molecule has 2 aromatic rings. The standard InChI is InChI=1S/C19H29N5O3.HI/c1-5-20-19(23-13-16-11-17(14(2)3)24-27-16)22-12-15-7-6-8-21-18(15)26-10-9-25-4;/h6-8,11,14H,5,9-10,12-13H2,1-4H3,(H2,20,22,23);1H. The minimum Gasteiger partial charge on any atom is -0.475 e. The third kappa shape index (κ3) is 8.01. The molecule has 156 valence electrons. The molecule has 0 spiro atoms. The van der Waals surface area contributed by atoms with Crippen LogP contribution >= 0.6 is 24.0 Å². The number of hydrogen-bond donors (Lipinski definition) is 2. The summed E-state index contributed by atoms with van der Waals surface area (Å²) in [6.45, 7) is 8.86. The molecule has 0 aliphatic heterocycles. The Kier molecular flexibility index (Phi) is 11.5. The molecule has 2 aromatic heterocycles. The highest BCUT2D eigenvalue weighted by Crippen LogP contribution is 2.16. The Morgan fingerprint density at radius 2 is 2.11 bits per heavy atom. The smallest absolute Gasteiger partial charge is 0.218 e. The first kappa shape index (κ1) is 24.2. The lowest BCUT2D eigenvalue weighted by molar-refractivity contribution is 0.143. The van der Waals surface area contributed by atoms with Crippen molar-refractivity contribution in [1.29, 1.82) is 0 Å². The summed E-state index contributed by atoms with van der Waals surface area (Å²) < 4.78 is 16.0. The van der Waals surface area contributed by atoms with Crippen molar-refractivity contribution >= 4 is 29.9 Å². The third-order valence-corrected chi connectivity index (χ3v) is 3.73. The summed E-state index contributed by atoms with van der Waals surface area (Å²) in [5.41, 5.74) is 1.86. The number of ether oxygens (including phenoxy) is 2. The van der Waals surface area contributed by atoms with E-state index in [0.29, 0.717) is 44.1 Å². The monoisotopic (exact) mass is 503 g/mol. The Morgan fingerprint density at radius 3 is 2.79 bits per heavy atom. The lowest BCUT2D eigenvalue weighted by Gasteiger charge is -2.11. The molecule has 0 unspecified atom stereocenters. The molecule has 0 aromatic carbocycles. The number of rotatable bonds is 10. The zero-order valence-corrected chi connectivity index (χ0v) is 19.2. The Morgan fingerprint density at radius 1 is 1.29 bits per heavy atom. The molecule has 2 N–H and O–H groups in total. The number of hydrogen-bond acceptors (Lipinski definition) is 6. The Balaban J connectivity index is 0.00000392. The molecule has 0 aliphatic carbocycles. The number of guanidine groups is 1. The Labute approximate surface area is 183 Å². The van der Waals surface area contributed by atoms with Crippen molar-refractivity contribution in [2.75, 3.05) is 26.9 Å². The lowest BCUT2D eigenvalue weighted by atomic mass is 10.1. The van der Waals surface area contributed by atoms with Crippen LogP contribution in [-0.2, 0) is 17.8 Å². The minimum absolute atomic E-state index is 0. The molecule has 9 heteroatoms. The highest BCUT2D eigenvalue weighted by atomic mass is 127. The van der Waals surface area contributed by atoms with Crippen LogP contribution in [0.3, 0.4) is 0 Å². The first-order chi connectivity index (χ1) is 13.1. The molecule has 0 radical (unpaired) electrons. The molecule has 0 saturated carbocycles. The number of halogens is 1. The second kappa shape index (κ2) is 13.3. The van der Waals surface area contributed by atoms with Gasteiger partial charge in [0.15, 0.2) is 11.7 Å². The molecule has 2 rings (SSSR count). The molecule has 2 heterocycles. The summed E-state index contributed by atoms with van der Waals surface area (Å²) in [7, 11) is 1.64. The van der Waals surface area contributed by atoms with Gasteiger partial charge in [0.2, 0.25) is 5.88 Å². The quantitative estimate of drug-likeness (QED) is 0.223. The summed E-state index contributed by atoms with van der Waals surface area (Å²) in [5.74, 6) is 2.37. The largest absolute Gasteiger partial charge is 0.475 e. The highest BCUT2D eigenvalue weighted by molar-refractivity contribution is 14.0. The first-order valence-corrected chi connectivity index (χ1v) is 9.17. The maximum atomic E-state index is 5.65. The fourth-order valence-electron chi connectivity index (χ4n) is 2.26. The van der Waals surface area contributed by atoms with E-state index in [4.69, 9.17) is 14.0 Å². The van der Waals surface area contributed by atoms with Gasteiger partial charge in [0.25, 0.3) is 0 Å². The first-order valence-electron chi connectivity index (χ1n) is 9.17. The van der Waals surface area contributed by atoms with Crippen LogP contribution in [0.4, 0.5) is 0 Å². The predicted molar refractivity (Wildman–Crippen MR) is 119 cm³/mol. The maximum Gasteiger partial charge on any atom is 0.218 e. The van der Waals surface area contributed by atoms with Crippen molar-refractivity contribution < 1.29 is 14.0 Å². The second-order valence-electron chi connectivity index (χ2n) is 6.23. The number of nitrogens with one attached hydrogen (secondary N) is 2. The van der Waals surface area contributed by atoms with Gasteiger partial charge in [-0.1, -0.05) is 25.1 Å². The molecule has 0 fully saturated rings. The maximum absolute atomic E-state index is 5.65. The molecule has 8 nitrogen and oxygen atoms in total. The third-order valence-electron chi connectivity index (χ3n) is 3.73. The molecule has 0 bridgehead atoms. The van der Waals surface area contributed by atoms with E-state index in [1.807, 2.05) is 25.1 Å². The van der Waals surface area contributed by atoms with Gasteiger partial charge in [-0.25, -0.2) is 9.98 Å². The van der Waals surface area contributed by atoms with E-state index in [9.17, 15) is 0 Å². The van der Waals surface area contributed by atoms with Gasteiger partial charge in [-0.15, -0.1) is 24.0 Å². The second-order valence-corrected chi connectivity index (χ2v) is 6.23. The number of methoxy groups -OCH3 is 1. The van der Waals surface area contributed by atoms with Crippen LogP contribution in [0.25, 0.3) is 0 Å². The zero-order valence-electron chi connectivity index (χ0n) is 16.9. The van der Waals surface area contributed by atoms with Gasteiger partial charge < -0.3 is 24.6 Å². The normalized spacial score (nSPS) is 11.2. The summed E-state index contributed by atoms with van der Waals surface area (Å²) in [6.07, 6.45) is 1.70. The van der Waals surface area contributed by atoms with Crippen molar-refractivity contribution in [1.82, 2.24) is 20.8 Å². The van der Waals surface area contributed by atoms with Crippen LogP contribution in [0.5, 0.6) is 5.88 Å². The van der Waals surface area contributed by atoms with E-state index in [-0.39, 0.29) is 24.0 Å². The van der Waals surface area contributed by atoms with Crippen LogP contribution in [0.1, 0.15) is 43.7 Å². The Bertz CT molecular complexity index is 721. The summed E-state index contributed by atoms with van der Waals surface area (Å²) in [6, 6.07) is 5.79. The fourth-order valence-corrected chi connectivity index (χ4v) is 2.26. The summed E-state index contributed by atoms with van der Waals surface area (Å²) >= 11 is 0. The van der Waals surface area contributed by atoms with Crippen molar-refractivity contribution in [3.05, 3.63) is 41.4 Å². The molecular weight excluding hydrogens is 473 g/mol. The summed E-state index contributed by atoms with van der Waals surface area (Å²) in [4.78, 5) is 8.89. The average molecular weight is 503 g/mol. The van der Waals surface area contributed by atoms with Crippen LogP contribution in [0.2, 0.25) is 0 Å². The zero-order chi connectivity index (χ0) is 19.5. The van der Waals surface area contributed by atoms with E-state index in [2.05, 4.69) is 39.6 Å². The van der Waals surface area contributed by atoms with Gasteiger partial charge in [0.1, 0.15) is 6.61 Å². The van der Waals surface area contributed by atoms with E-state index in [0.717, 1.165) is 23.6 Å². The van der Waals surface area contributed by atoms with Gasteiger partial charge in [0, 0.05) is 31.5 Å². The molecule has 0 aliphatic rings. The SMILES string of the molecule is CCNC(=NCc1cccnc1OCCOC)NCc1cc(C(C)C)no1.I. The topological polar surface area (TPSA) is 93.8 Å². The number of pyridine rings is 1. The van der Waals surface area contributed by atoms with Crippen LogP contribution in [0.15, 0.2) is 33.9 Å². The minimum atomic E-state index is 0. The van der Waals surface area contributed by atoms with E-state index in [1.165, 1.54) is 0 Å². The molecule has 28 heavy (non-hydrogen) atoms. The van der Waals surface area contributed by atoms with Crippen LogP contribution in [-0.4, -0.2) is 43.0 Å². The number of aromatic nitrogens is 2. The van der Waals surface area contributed by atoms with Gasteiger partial charge in [-0.05, 0) is 18.9 Å². The molecule has 0 saturated heterocycles. The number of nitrogens with zero attached hydrogens (tertiary/aromatic N) is 3. The van der Waals surface area contributed by atoms with Crippen molar-refractivity contribution in [3.63, 3.8) is 0 Å². The van der Waals surface area contributed by atoms with E-state index >= 15 is 0 Å². The van der Waals surface area contributed by atoms with Gasteiger partial charge in [-0.3, -0.25) is 0 Å². The van der Waals surface area contributed by atoms with Gasteiger partial charge in [-0.2, -0.15) is 0 Å². The molecule has 0 amide bonds. The van der Waals surface area contributed by atoms with Gasteiger partial charge in [0.05, 0.1) is 25.4 Å². The van der Waals surface area contributed by atoms with Crippen LogP contribution < -0.4 is 15.4 Å². The molecular formula is C19H30IN5O3. The predicted octanol–water partition coefficient (Wildman–Crippen LogP) is 3.09. The molecule has 0 atom stereocenters. The van der Waals surface area contributed by atoms with Crippen molar-refractivity contribution in [3.8, 4) is 5.88 Å². The van der Waals surface area contributed by atoms with Crippen molar-refractivity contribution in [2.24, 2.45) is 4.99 Å². The average Bonchev–Trinajstić information content (AvgIpc) is 3.14. The van der Waals surface area contributed by atoms with Crippen LogP contribution in [0, 0.1) is 0 Å². The number of aliphatic imine (C=N–C) groups is 1.